The molecular weight excluding hydrogens is 356 g/mol. The van der Waals surface area contributed by atoms with Gasteiger partial charge < -0.3 is 14.8 Å². The zero-order chi connectivity index (χ0) is 19.4. The first-order chi connectivity index (χ1) is 11.4. The van der Waals surface area contributed by atoms with Gasteiger partial charge in [-0.1, -0.05) is 32.4 Å². The van der Waals surface area contributed by atoms with Gasteiger partial charge in [0.1, 0.15) is 12.1 Å². The lowest BCUT2D eigenvalue weighted by Gasteiger charge is -2.36. The Morgan fingerprint density at radius 1 is 1.44 bits per heavy atom. The summed E-state index contributed by atoms with van der Waals surface area (Å²) in [5, 5.41) is 21.9. The van der Waals surface area contributed by atoms with Crippen LogP contribution >= 0.6 is 11.6 Å². The standard InChI is InChI=1S/C18H27ClN2O3Si/c1-12-14(8-7-13(11-20)16(12)19)21-15(17(22)23)9-10-24-25(5,6)18(2,3)4/h7-8,15,21H,9-10H2,1-6H3,(H,22,23). The van der Waals surface area contributed by atoms with Crippen LogP contribution in [0.5, 0.6) is 0 Å². The van der Waals surface area contributed by atoms with E-state index in [2.05, 4.69) is 39.2 Å². The molecule has 0 radical (unpaired) electrons. The lowest BCUT2D eigenvalue weighted by Crippen LogP contribution is -2.42. The van der Waals surface area contributed by atoms with E-state index in [1.165, 1.54) is 0 Å². The van der Waals surface area contributed by atoms with Gasteiger partial charge in [-0.25, -0.2) is 4.79 Å². The van der Waals surface area contributed by atoms with Crippen molar-refractivity contribution >= 4 is 31.6 Å². The van der Waals surface area contributed by atoms with Crippen LogP contribution in [0.2, 0.25) is 23.2 Å². The summed E-state index contributed by atoms with van der Waals surface area (Å²) in [7, 11) is -1.91. The maximum atomic E-state index is 11.6. The van der Waals surface area contributed by atoms with E-state index >= 15 is 0 Å². The van der Waals surface area contributed by atoms with E-state index in [-0.39, 0.29) is 5.04 Å². The molecule has 1 atom stereocenters. The van der Waals surface area contributed by atoms with Crippen molar-refractivity contribution in [3.05, 3.63) is 28.3 Å². The van der Waals surface area contributed by atoms with Crippen molar-refractivity contribution in [2.24, 2.45) is 0 Å². The fourth-order valence-corrected chi connectivity index (χ4v) is 3.29. The van der Waals surface area contributed by atoms with E-state index in [1.807, 2.05) is 6.07 Å². The van der Waals surface area contributed by atoms with E-state index in [9.17, 15) is 9.90 Å². The van der Waals surface area contributed by atoms with Crippen LogP contribution in [0.1, 0.15) is 38.3 Å². The number of aliphatic carboxylic acids is 1. The third-order valence-electron chi connectivity index (χ3n) is 4.81. The number of nitrogens with zero attached hydrogens (tertiary/aromatic N) is 1. The molecule has 2 N–H and O–H groups in total. The van der Waals surface area contributed by atoms with E-state index in [4.69, 9.17) is 21.3 Å². The number of carbonyl (C=O) groups is 1. The molecule has 0 heterocycles. The number of carboxylic acids is 1. The Morgan fingerprint density at radius 3 is 2.52 bits per heavy atom. The number of hydrogen-bond donors (Lipinski definition) is 2. The molecule has 0 aliphatic carbocycles. The Hall–Kier alpha value is -1.55. The van der Waals surface area contributed by atoms with Crippen molar-refractivity contribution in [1.29, 1.82) is 5.26 Å². The number of rotatable bonds is 7. The Labute approximate surface area is 156 Å². The van der Waals surface area contributed by atoms with Crippen LogP contribution in [0, 0.1) is 18.3 Å². The minimum Gasteiger partial charge on any atom is -0.480 e. The first-order valence-electron chi connectivity index (χ1n) is 8.23. The summed E-state index contributed by atoms with van der Waals surface area (Å²) in [6.45, 7) is 12.9. The van der Waals surface area contributed by atoms with Crippen LogP contribution < -0.4 is 5.32 Å². The molecule has 0 bridgehead atoms. The quantitative estimate of drug-likeness (QED) is 0.662. The summed E-state index contributed by atoms with van der Waals surface area (Å²) in [5.41, 5.74) is 1.65. The second-order valence-electron chi connectivity index (χ2n) is 7.64. The Morgan fingerprint density at radius 2 is 2.04 bits per heavy atom. The Balaban J connectivity index is 2.82. The van der Waals surface area contributed by atoms with E-state index < -0.39 is 20.3 Å². The third kappa shape index (κ3) is 5.46. The molecule has 0 amide bonds. The van der Waals surface area contributed by atoms with E-state index in [1.54, 1.807) is 19.1 Å². The molecule has 7 heteroatoms. The molecule has 5 nitrogen and oxygen atoms in total. The van der Waals surface area contributed by atoms with Crippen molar-refractivity contribution in [2.45, 2.75) is 58.3 Å². The summed E-state index contributed by atoms with van der Waals surface area (Å²) in [6, 6.07) is 4.50. The second kappa shape index (κ2) is 8.22. The third-order valence-corrected chi connectivity index (χ3v) is 9.84. The molecule has 0 aromatic heterocycles. The van der Waals surface area contributed by atoms with Crippen LogP contribution in [0.15, 0.2) is 12.1 Å². The van der Waals surface area contributed by atoms with Gasteiger partial charge >= 0.3 is 5.97 Å². The second-order valence-corrected chi connectivity index (χ2v) is 12.8. The molecule has 1 aromatic rings. The number of halogens is 1. The highest BCUT2D eigenvalue weighted by atomic mass is 35.5. The van der Waals surface area contributed by atoms with Gasteiger partial charge in [0, 0.05) is 18.7 Å². The first kappa shape index (κ1) is 21.5. The summed E-state index contributed by atoms with van der Waals surface area (Å²) >= 11 is 6.15. The average molecular weight is 383 g/mol. The number of carboxylic acid groups (broad SMARTS) is 1. The number of benzene rings is 1. The Bertz CT molecular complexity index is 678. The molecular formula is C18H27ClN2O3Si. The Kier molecular flexibility index (Phi) is 7.06. The smallest absolute Gasteiger partial charge is 0.326 e. The fraction of sp³-hybridized carbons (Fsp3) is 0.556. The predicted octanol–water partition coefficient (Wildman–Crippen LogP) is 4.80. The molecule has 0 saturated carbocycles. The van der Waals surface area contributed by atoms with Gasteiger partial charge in [-0.15, -0.1) is 0 Å². The normalized spacial score (nSPS) is 13.2. The monoisotopic (exact) mass is 382 g/mol. The molecule has 0 aliphatic heterocycles. The molecule has 0 spiro atoms. The SMILES string of the molecule is Cc1c(NC(CCO[Si](C)(C)C(C)(C)C)C(=O)O)ccc(C#N)c1Cl. The first-order valence-corrected chi connectivity index (χ1v) is 11.5. The van der Waals surface area contributed by atoms with Crippen molar-refractivity contribution < 1.29 is 14.3 Å². The van der Waals surface area contributed by atoms with Crippen LogP contribution in [-0.4, -0.2) is 32.0 Å². The highest BCUT2D eigenvalue weighted by Crippen LogP contribution is 2.36. The number of hydrogen-bond acceptors (Lipinski definition) is 4. The van der Waals surface area contributed by atoms with Gasteiger partial charge in [0.25, 0.3) is 0 Å². The van der Waals surface area contributed by atoms with Crippen LogP contribution in [0.4, 0.5) is 5.69 Å². The zero-order valence-corrected chi connectivity index (χ0v) is 17.5. The van der Waals surface area contributed by atoms with Crippen molar-refractivity contribution in [3.63, 3.8) is 0 Å². The highest BCUT2D eigenvalue weighted by Gasteiger charge is 2.37. The molecule has 0 fully saturated rings. The minimum atomic E-state index is -1.91. The average Bonchev–Trinajstić information content (AvgIpc) is 2.49. The number of nitriles is 1. The largest absolute Gasteiger partial charge is 0.480 e. The fourth-order valence-electron chi connectivity index (χ4n) is 2.02. The summed E-state index contributed by atoms with van der Waals surface area (Å²) in [4.78, 5) is 11.6. The number of nitrogens with one attached hydrogen (secondary N) is 1. The van der Waals surface area contributed by atoms with Gasteiger partial charge in [-0.3, -0.25) is 0 Å². The topological polar surface area (TPSA) is 82.3 Å². The molecule has 1 unspecified atom stereocenters. The minimum absolute atomic E-state index is 0.0797. The molecule has 1 aromatic carbocycles. The van der Waals surface area contributed by atoms with Crippen molar-refractivity contribution in [2.75, 3.05) is 11.9 Å². The molecule has 0 saturated heterocycles. The van der Waals surface area contributed by atoms with Crippen molar-refractivity contribution in [1.82, 2.24) is 0 Å². The molecule has 25 heavy (non-hydrogen) atoms. The molecule has 0 aliphatic rings. The molecule has 1 rings (SSSR count). The van der Waals surface area contributed by atoms with Crippen LogP contribution in [-0.2, 0) is 9.22 Å². The summed E-state index contributed by atoms with van der Waals surface area (Å²) in [5.74, 6) is -0.946. The van der Waals surface area contributed by atoms with Crippen LogP contribution in [0.25, 0.3) is 0 Å². The highest BCUT2D eigenvalue weighted by molar-refractivity contribution is 6.74. The van der Waals surface area contributed by atoms with Crippen LogP contribution in [0.3, 0.4) is 0 Å². The number of anilines is 1. The van der Waals surface area contributed by atoms with Gasteiger partial charge in [0.15, 0.2) is 8.32 Å². The van der Waals surface area contributed by atoms with Gasteiger partial charge in [0.2, 0.25) is 0 Å². The lowest BCUT2D eigenvalue weighted by molar-refractivity contribution is -0.138. The maximum Gasteiger partial charge on any atom is 0.326 e. The van der Waals surface area contributed by atoms with Gasteiger partial charge in [-0.2, -0.15) is 5.26 Å². The van der Waals surface area contributed by atoms with E-state index in [0.29, 0.717) is 34.9 Å². The lowest BCUT2D eigenvalue weighted by atomic mass is 10.1. The van der Waals surface area contributed by atoms with Gasteiger partial charge in [-0.05, 0) is 42.8 Å². The molecule has 138 valence electrons. The summed E-state index contributed by atoms with van der Waals surface area (Å²) in [6.07, 6.45) is 0.346. The van der Waals surface area contributed by atoms with Gasteiger partial charge in [0.05, 0.1) is 10.6 Å². The maximum absolute atomic E-state index is 11.6. The zero-order valence-electron chi connectivity index (χ0n) is 15.7. The predicted molar refractivity (Wildman–Crippen MR) is 104 cm³/mol. The van der Waals surface area contributed by atoms with Crippen molar-refractivity contribution in [3.8, 4) is 6.07 Å². The van der Waals surface area contributed by atoms with E-state index in [0.717, 1.165) is 0 Å². The summed E-state index contributed by atoms with van der Waals surface area (Å²) < 4.78 is 6.07.